The standard InChI is InChI=1S/C17H36N2O2/c1-6-9-12-19(13-10-7-2)14-11-17(20)21-16(8-3)15-18(4)5/h16H,6-15H2,1-5H3/t16-/m0/s1. The Morgan fingerprint density at radius 2 is 1.57 bits per heavy atom. The second-order valence-electron chi connectivity index (χ2n) is 6.08. The molecule has 0 saturated heterocycles. The Morgan fingerprint density at radius 3 is 2.00 bits per heavy atom. The molecule has 0 aromatic rings. The molecule has 0 spiro atoms. The molecule has 0 aliphatic rings. The van der Waals surface area contributed by atoms with E-state index in [-0.39, 0.29) is 12.1 Å². The third-order valence-corrected chi connectivity index (χ3v) is 3.61. The second-order valence-corrected chi connectivity index (χ2v) is 6.08. The molecule has 0 aromatic carbocycles. The smallest absolute Gasteiger partial charge is 0.307 e. The van der Waals surface area contributed by atoms with E-state index in [1.165, 1.54) is 25.7 Å². The normalized spacial score (nSPS) is 12.9. The Bertz CT molecular complexity index is 249. The van der Waals surface area contributed by atoms with Gasteiger partial charge in [0.2, 0.25) is 0 Å². The number of unbranched alkanes of at least 4 members (excludes halogenated alkanes) is 2. The lowest BCUT2D eigenvalue weighted by molar-refractivity contribution is -0.150. The van der Waals surface area contributed by atoms with Crippen molar-refractivity contribution in [2.24, 2.45) is 0 Å². The molecule has 0 N–H and O–H groups in total. The first kappa shape index (κ1) is 20.4. The van der Waals surface area contributed by atoms with Crippen molar-refractivity contribution in [3.05, 3.63) is 0 Å². The van der Waals surface area contributed by atoms with Crippen molar-refractivity contribution >= 4 is 5.97 Å². The van der Waals surface area contributed by atoms with Gasteiger partial charge in [-0.15, -0.1) is 0 Å². The molecule has 0 amide bonds. The van der Waals surface area contributed by atoms with Crippen LogP contribution in [0.15, 0.2) is 0 Å². The van der Waals surface area contributed by atoms with E-state index >= 15 is 0 Å². The van der Waals surface area contributed by atoms with Crippen molar-refractivity contribution in [2.75, 3.05) is 40.3 Å². The predicted molar refractivity (Wildman–Crippen MR) is 89.6 cm³/mol. The number of carbonyl (C=O) groups excluding carboxylic acids is 1. The summed E-state index contributed by atoms with van der Waals surface area (Å²) in [5.41, 5.74) is 0. The van der Waals surface area contributed by atoms with Crippen molar-refractivity contribution in [2.45, 2.75) is 65.4 Å². The third-order valence-electron chi connectivity index (χ3n) is 3.61. The van der Waals surface area contributed by atoms with Gasteiger partial charge in [0.25, 0.3) is 0 Å². The summed E-state index contributed by atoms with van der Waals surface area (Å²) in [5, 5.41) is 0. The van der Waals surface area contributed by atoms with Gasteiger partial charge in [0.1, 0.15) is 6.10 Å². The van der Waals surface area contributed by atoms with E-state index in [9.17, 15) is 4.79 Å². The van der Waals surface area contributed by atoms with E-state index in [0.29, 0.717) is 6.42 Å². The molecule has 0 aliphatic heterocycles. The summed E-state index contributed by atoms with van der Waals surface area (Å²) in [6.07, 6.45) is 6.22. The van der Waals surface area contributed by atoms with Gasteiger partial charge in [0, 0.05) is 13.1 Å². The Hall–Kier alpha value is -0.610. The van der Waals surface area contributed by atoms with Gasteiger partial charge in [-0.3, -0.25) is 4.79 Å². The van der Waals surface area contributed by atoms with Gasteiger partial charge in [-0.25, -0.2) is 0 Å². The molecule has 0 bridgehead atoms. The quantitative estimate of drug-likeness (QED) is 0.489. The topological polar surface area (TPSA) is 32.8 Å². The molecule has 0 unspecified atom stereocenters. The molecule has 1 atom stereocenters. The van der Waals surface area contributed by atoms with Gasteiger partial charge in [0.15, 0.2) is 0 Å². The highest BCUT2D eigenvalue weighted by Crippen LogP contribution is 2.05. The molecule has 0 radical (unpaired) electrons. The average molecular weight is 300 g/mol. The zero-order valence-corrected chi connectivity index (χ0v) is 14.9. The fourth-order valence-electron chi connectivity index (χ4n) is 2.25. The van der Waals surface area contributed by atoms with E-state index < -0.39 is 0 Å². The molecule has 0 saturated carbocycles. The minimum absolute atomic E-state index is 0.0206. The fraction of sp³-hybridized carbons (Fsp3) is 0.941. The highest BCUT2D eigenvalue weighted by atomic mass is 16.5. The van der Waals surface area contributed by atoms with Crippen LogP contribution in [0.1, 0.15) is 59.3 Å². The molecule has 0 heterocycles. The van der Waals surface area contributed by atoms with Crippen molar-refractivity contribution in [1.29, 1.82) is 0 Å². The van der Waals surface area contributed by atoms with Gasteiger partial charge in [-0.1, -0.05) is 33.6 Å². The van der Waals surface area contributed by atoms with Crippen molar-refractivity contribution in [3.63, 3.8) is 0 Å². The minimum atomic E-state index is -0.0540. The number of rotatable bonds is 13. The van der Waals surface area contributed by atoms with E-state index in [1.807, 2.05) is 14.1 Å². The molecule has 0 aliphatic carbocycles. The lowest BCUT2D eigenvalue weighted by Gasteiger charge is -2.23. The lowest BCUT2D eigenvalue weighted by Crippen LogP contribution is -2.32. The Kier molecular flexibility index (Phi) is 12.7. The Morgan fingerprint density at radius 1 is 1.00 bits per heavy atom. The maximum absolute atomic E-state index is 12.0. The number of carbonyl (C=O) groups is 1. The molecule has 4 heteroatoms. The molecule has 126 valence electrons. The zero-order valence-electron chi connectivity index (χ0n) is 14.9. The number of nitrogens with zero attached hydrogens (tertiary/aromatic N) is 2. The van der Waals surface area contributed by atoms with Gasteiger partial charge in [0.05, 0.1) is 6.42 Å². The SMILES string of the molecule is CCCCN(CCCC)CCC(=O)O[C@@H](CC)CN(C)C. The van der Waals surface area contributed by atoms with Gasteiger partial charge in [-0.05, 0) is 46.4 Å². The van der Waals surface area contributed by atoms with Crippen LogP contribution in [0.5, 0.6) is 0 Å². The Labute approximate surface area is 131 Å². The van der Waals surface area contributed by atoms with Crippen molar-refractivity contribution < 1.29 is 9.53 Å². The van der Waals surface area contributed by atoms with E-state index in [2.05, 4.69) is 30.6 Å². The van der Waals surface area contributed by atoms with Crippen LogP contribution in [0, 0.1) is 0 Å². The largest absolute Gasteiger partial charge is 0.461 e. The average Bonchev–Trinajstić information content (AvgIpc) is 2.45. The molecular weight excluding hydrogens is 264 g/mol. The Balaban J connectivity index is 4.08. The van der Waals surface area contributed by atoms with Crippen molar-refractivity contribution in [3.8, 4) is 0 Å². The number of ether oxygens (including phenoxy) is 1. The molecule has 0 rings (SSSR count). The summed E-state index contributed by atoms with van der Waals surface area (Å²) in [4.78, 5) is 16.4. The maximum atomic E-state index is 12.0. The molecule has 0 aromatic heterocycles. The summed E-state index contributed by atoms with van der Waals surface area (Å²) in [7, 11) is 4.02. The molecule has 21 heavy (non-hydrogen) atoms. The predicted octanol–water partition coefficient (Wildman–Crippen LogP) is 3.16. The highest BCUT2D eigenvalue weighted by Gasteiger charge is 2.14. The lowest BCUT2D eigenvalue weighted by atomic mass is 10.2. The molecule has 0 fully saturated rings. The maximum Gasteiger partial charge on any atom is 0.307 e. The summed E-state index contributed by atoms with van der Waals surface area (Å²) in [6, 6.07) is 0. The van der Waals surface area contributed by atoms with Crippen LogP contribution >= 0.6 is 0 Å². The van der Waals surface area contributed by atoms with E-state index in [0.717, 1.165) is 32.6 Å². The molecular formula is C17H36N2O2. The summed E-state index contributed by atoms with van der Waals surface area (Å²) >= 11 is 0. The van der Waals surface area contributed by atoms with Crippen LogP contribution in [-0.2, 0) is 9.53 Å². The number of hydrogen-bond donors (Lipinski definition) is 0. The number of esters is 1. The van der Waals surface area contributed by atoms with Crippen LogP contribution in [0.25, 0.3) is 0 Å². The zero-order chi connectivity index (χ0) is 16.1. The van der Waals surface area contributed by atoms with Crippen LogP contribution in [0.3, 0.4) is 0 Å². The van der Waals surface area contributed by atoms with Crippen molar-refractivity contribution in [1.82, 2.24) is 9.80 Å². The van der Waals surface area contributed by atoms with Crippen LogP contribution in [0.4, 0.5) is 0 Å². The number of likely N-dealkylation sites (N-methyl/N-ethyl adjacent to an activating group) is 1. The highest BCUT2D eigenvalue weighted by molar-refractivity contribution is 5.69. The summed E-state index contributed by atoms with van der Waals surface area (Å²) in [5.74, 6) is -0.0540. The second kappa shape index (κ2) is 13.1. The molecule has 4 nitrogen and oxygen atoms in total. The third kappa shape index (κ3) is 11.7. The van der Waals surface area contributed by atoms with Gasteiger partial charge in [-0.2, -0.15) is 0 Å². The van der Waals surface area contributed by atoms with E-state index in [4.69, 9.17) is 4.74 Å². The first-order chi connectivity index (χ1) is 10.0. The monoisotopic (exact) mass is 300 g/mol. The summed E-state index contributed by atoms with van der Waals surface area (Å²) in [6.45, 7) is 10.3. The van der Waals surface area contributed by atoms with Gasteiger partial charge >= 0.3 is 5.97 Å². The van der Waals surface area contributed by atoms with Gasteiger partial charge < -0.3 is 14.5 Å². The minimum Gasteiger partial charge on any atom is -0.461 e. The first-order valence-corrected chi connectivity index (χ1v) is 8.59. The number of hydrogen-bond acceptors (Lipinski definition) is 4. The van der Waals surface area contributed by atoms with Crippen LogP contribution in [0.2, 0.25) is 0 Å². The van der Waals surface area contributed by atoms with Crippen LogP contribution < -0.4 is 0 Å². The van der Waals surface area contributed by atoms with E-state index in [1.54, 1.807) is 0 Å². The van der Waals surface area contributed by atoms with Crippen LogP contribution in [-0.4, -0.2) is 62.1 Å². The first-order valence-electron chi connectivity index (χ1n) is 8.59. The summed E-state index contributed by atoms with van der Waals surface area (Å²) < 4.78 is 5.56. The fourth-order valence-corrected chi connectivity index (χ4v) is 2.25.